The van der Waals surface area contributed by atoms with Gasteiger partial charge in [-0.25, -0.2) is 4.98 Å². The van der Waals surface area contributed by atoms with Crippen molar-refractivity contribution in [3.05, 3.63) is 63.5 Å². The Morgan fingerprint density at radius 1 is 1.05 bits per heavy atom. The molecule has 0 radical (unpaired) electrons. The fourth-order valence-electron chi connectivity index (χ4n) is 4.11. The largest absolute Gasteiger partial charge is 0.481 e. The molecule has 0 spiro atoms. The number of thioether (sulfide) groups is 1. The molecular formula is C28H32ClN3O4S2. The van der Waals surface area contributed by atoms with Crippen LogP contribution in [0.3, 0.4) is 0 Å². The number of halogens is 1. The molecule has 0 unspecified atom stereocenters. The van der Waals surface area contributed by atoms with Gasteiger partial charge in [0.25, 0.3) is 0 Å². The van der Waals surface area contributed by atoms with Gasteiger partial charge in [0.05, 0.1) is 18.5 Å². The van der Waals surface area contributed by atoms with Gasteiger partial charge in [-0.05, 0) is 79.6 Å². The van der Waals surface area contributed by atoms with Gasteiger partial charge in [0.1, 0.15) is 0 Å². The van der Waals surface area contributed by atoms with Crippen LogP contribution in [0.25, 0.3) is 11.3 Å². The lowest BCUT2D eigenvalue weighted by Crippen LogP contribution is -2.16. The SMILES string of the molecule is Clc1ccc2c(c1CSc1ccc(-c3csc(NCC4CC4)n3)cc1)CCNCC2.O=C(O)CCC(=O)O. The Hall–Kier alpha value is -2.59. The summed E-state index contributed by atoms with van der Waals surface area (Å²) in [5.41, 5.74) is 6.43. The van der Waals surface area contributed by atoms with Crippen molar-refractivity contribution in [2.45, 2.75) is 49.2 Å². The summed E-state index contributed by atoms with van der Waals surface area (Å²) < 4.78 is 0. The molecule has 4 N–H and O–H groups in total. The zero-order chi connectivity index (χ0) is 26.9. The van der Waals surface area contributed by atoms with Crippen molar-refractivity contribution in [1.29, 1.82) is 0 Å². The number of carbonyl (C=O) groups is 2. The summed E-state index contributed by atoms with van der Waals surface area (Å²) in [7, 11) is 0. The number of nitrogens with one attached hydrogen (secondary N) is 2. The van der Waals surface area contributed by atoms with Gasteiger partial charge in [-0.1, -0.05) is 29.8 Å². The Morgan fingerprint density at radius 2 is 1.76 bits per heavy atom. The number of anilines is 1. The second-order valence-electron chi connectivity index (χ2n) is 9.38. The van der Waals surface area contributed by atoms with Gasteiger partial charge in [-0.3, -0.25) is 9.59 Å². The van der Waals surface area contributed by atoms with Gasteiger partial charge in [-0.15, -0.1) is 23.1 Å². The molecule has 2 aromatic carbocycles. The molecule has 0 saturated heterocycles. The van der Waals surface area contributed by atoms with Crippen LogP contribution in [0.5, 0.6) is 0 Å². The molecule has 0 atom stereocenters. The maximum atomic E-state index is 9.64. The summed E-state index contributed by atoms with van der Waals surface area (Å²) in [6.07, 6.45) is 4.27. The lowest BCUT2D eigenvalue weighted by atomic mass is 9.98. The second kappa shape index (κ2) is 14.0. The first-order valence-electron chi connectivity index (χ1n) is 12.7. The zero-order valence-corrected chi connectivity index (χ0v) is 23.4. The van der Waals surface area contributed by atoms with Gasteiger partial charge in [0.2, 0.25) is 0 Å². The van der Waals surface area contributed by atoms with Crippen LogP contribution in [-0.2, 0) is 28.2 Å². The van der Waals surface area contributed by atoms with Crippen LogP contribution < -0.4 is 10.6 Å². The molecule has 2 heterocycles. The number of thiazole rings is 1. The quantitative estimate of drug-likeness (QED) is 0.212. The van der Waals surface area contributed by atoms with Crippen LogP contribution in [0, 0.1) is 5.92 Å². The molecule has 0 amide bonds. The third-order valence-corrected chi connectivity index (χ3v) is 8.62. The van der Waals surface area contributed by atoms with Crippen LogP contribution in [0.15, 0.2) is 46.7 Å². The lowest BCUT2D eigenvalue weighted by molar-refractivity contribution is -0.143. The number of hydrogen-bond acceptors (Lipinski definition) is 7. The molecule has 38 heavy (non-hydrogen) atoms. The summed E-state index contributed by atoms with van der Waals surface area (Å²) in [4.78, 5) is 25.3. The first-order valence-corrected chi connectivity index (χ1v) is 15.0. The number of benzene rings is 2. The van der Waals surface area contributed by atoms with Crippen molar-refractivity contribution in [2.24, 2.45) is 5.92 Å². The van der Waals surface area contributed by atoms with Crippen molar-refractivity contribution in [1.82, 2.24) is 10.3 Å². The molecule has 1 aliphatic heterocycles. The van der Waals surface area contributed by atoms with E-state index in [0.29, 0.717) is 0 Å². The fraction of sp³-hybridized carbons (Fsp3) is 0.393. The lowest BCUT2D eigenvalue weighted by Gasteiger charge is -2.14. The highest BCUT2D eigenvalue weighted by Crippen LogP contribution is 2.34. The second-order valence-corrected chi connectivity index (χ2v) is 11.7. The van der Waals surface area contributed by atoms with Crippen LogP contribution >= 0.6 is 34.7 Å². The average Bonchev–Trinajstić information content (AvgIpc) is 3.67. The van der Waals surface area contributed by atoms with Crippen LogP contribution in [0.2, 0.25) is 5.02 Å². The maximum absolute atomic E-state index is 9.64. The minimum atomic E-state index is -1.08. The molecule has 0 bridgehead atoms. The van der Waals surface area contributed by atoms with E-state index in [1.807, 2.05) is 11.8 Å². The maximum Gasteiger partial charge on any atom is 0.303 e. The molecule has 1 aromatic heterocycles. The van der Waals surface area contributed by atoms with E-state index >= 15 is 0 Å². The third kappa shape index (κ3) is 8.73. The number of hydrogen-bond donors (Lipinski definition) is 4. The Morgan fingerprint density at radius 3 is 2.45 bits per heavy atom. The Balaban J connectivity index is 0.000000368. The predicted molar refractivity (Wildman–Crippen MR) is 155 cm³/mol. The van der Waals surface area contributed by atoms with E-state index in [-0.39, 0.29) is 12.8 Å². The highest BCUT2D eigenvalue weighted by Gasteiger charge is 2.21. The number of aliphatic carboxylic acids is 2. The van der Waals surface area contributed by atoms with Gasteiger partial charge in [0, 0.05) is 33.2 Å². The van der Waals surface area contributed by atoms with E-state index in [2.05, 4.69) is 52.4 Å². The average molecular weight is 574 g/mol. The van der Waals surface area contributed by atoms with Gasteiger partial charge in [0.15, 0.2) is 5.13 Å². The number of rotatable bonds is 10. The van der Waals surface area contributed by atoms with E-state index in [1.54, 1.807) is 11.3 Å². The van der Waals surface area contributed by atoms with E-state index in [1.165, 1.54) is 40.0 Å². The molecule has 1 aliphatic carbocycles. The first kappa shape index (κ1) is 28.4. The number of aromatic nitrogens is 1. The summed E-state index contributed by atoms with van der Waals surface area (Å²) >= 11 is 10.1. The molecular weight excluding hydrogens is 542 g/mol. The summed E-state index contributed by atoms with van der Waals surface area (Å²) in [5.74, 6) is -0.384. The highest BCUT2D eigenvalue weighted by atomic mass is 35.5. The third-order valence-electron chi connectivity index (χ3n) is 6.42. The summed E-state index contributed by atoms with van der Waals surface area (Å²) in [6.45, 7) is 3.15. The van der Waals surface area contributed by atoms with Crippen molar-refractivity contribution >= 4 is 51.8 Å². The molecule has 202 valence electrons. The standard InChI is InChI=1S/C24H26ClN3S2.C4H6O4/c25-22-8-5-17-9-11-26-12-10-20(17)21(22)14-29-19-6-3-18(4-7-19)23-15-30-24(28-23)27-13-16-1-2-16;5-3(6)1-2-4(7)8/h3-8,15-16,26H,1-2,9-14H2,(H,27,28);1-2H2,(H,5,6)(H,7,8). The normalized spacial score (nSPS) is 14.6. The van der Waals surface area contributed by atoms with Gasteiger partial charge < -0.3 is 20.8 Å². The van der Waals surface area contributed by atoms with E-state index < -0.39 is 11.9 Å². The fourth-order valence-corrected chi connectivity index (χ4v) is 6.13. The number of carboxylic acids is 2. The number of carboxylic acid groups (broad SMARTS) is 2. The Kier molecular flexibility index (Phi) is 10.5. The highest BCUT2D eigenvalue weighted by molar-refractivity contribution is 7.98. The monoisotopic (exact) mass is 573 g/mol. The van der Waals surface area contributed by atoms with Crippen molar-refractivity contribution < 1.29 is 19.8 Å². The smallest absolute Gasteiger partial charge is 0.303 e. The molecule has 5 rings (SSSR count). The number of fused-ring (bicyclic) bond motifs is 1. The van der Waals surface area contributed by atoms with Crippen molar-refractivity contribution in [3.8, 4) is 11.3 Å². The topological polar surface area (TPSA) is 112 Å². The van der Waals surface area contributed by atoms with Gasteiger partial charge in [-0.2, -0.15) is 0 Å². The molecule has 1 saturated carbocycles. The Bertz CT molecular complexity index is 1230. The molecule has 10 heteroatoms. The minimum absolute atomic E-state index is 0.296. The van der Waals surface area contributed by atoms with E-state index in [9.17, 15) is 9.59 Å². The molecule has 7 nitrogen and oxygen atoms in total. The van der Waals surface area contributed by atoms with Crippen LogP contribution in [-0.4, -0.2) is 46.8 Å². The number of nitrogens with zero attached hydrogens (tertiary/aromatic N) is 1. The van der Waals surface area contributed by atoms with Crippen molar-refractivity contribution in [2.75, 3.05) is 25.0 Å². The molecule has 2 aliphatic rings. The first-order chi connectivity index (χ1) is 18.4. The van der Waals surface area contributed by atoms with E-state index in [0.717, 1.165) is 60.0 Å². The van der Waals surface area contributed by atoms with Crippen LogP contribution in [0.1, 0.15) is 42.4 Å². The minimum Gasteiger partial charge on any atom is -0.481 e. The molecule has 1 fully saturated rings. The van der Waals surface area contributed by atoms with E-state index in [4.69, 9.17) is 26.8 Å². The van der Waals surface area contributed by atoms with Crippen LogP contribution in [0.4, 0.5) is 5.13 Å². The molecule has 3 aromatic rings. The summed E-state index contributed by atoms with van der Waals surface area (Å²) in [6, 6.07) is 13.0. The zero-order valence-electron chi connectivity index (χ0n) is 21.0. The van der Waals surface area contributed by atoms with Crippen molar-refractivity contribution in [3.63, 3.8) is 0 Å². The van der Waals surface area contributed by atoms with Gasteiger partial charge >= 0.3 is 11.9 Å². The Labute approximate surface area is 236 Å². The predicted octanol–water partition coefficient (Wildman–Crippen LogP) is 6.20. The summed E-state index contributed by atoms with van der Waals surface area (Å²) in [5, 5.41) is 26.8.